The molecule has 0 spiro atoms. The normalized spacial score (nSPS) is 14.1. The average molecular weight is 327 g/mol. The van der Waals surface area contributed by atoms with Crippen molar-refractivity contribution >= 4 is 46.0 Å². The molecule has 2 unspecified atom stereocenters. The van der Waals surface area contributed by atoms with Crippen LogP contribution in [0, 0.1) is 5.92 Å². The van der Waals surface area contributed by atoms with Gasteiger partial charge in [-0.1, -0.05) is 24.9 Å². The zero-order valence-corrected chi connectivity index (χ0v) is 13.7. The van der Waals surface area contributed by atoms with E-state index >= 15 is 0 Å². The number of benzene rings is 1. The Bertz CT molecular complexity index is 628. The van der Waals surface area contributed by atoms with Crippen LogP contribution in [0.25, 0.3) is 11.0 Å². The molecule has 3 N–H and O–H groups in total. The van der Waals surface area contributed by atoms with Gasteiger partial charge in [-0.15, -0.1) is 0 Å². The summed E-state index contributed by atoms with van der Waals surface area (Å²) < 4.78 is 8.34. The molecule has 1 amide bonds. The Morgan fingerprint density at radius 1 is 1.38 bits per heavy atom. The second-order valence-electron chi connectivity index (χ2n) is 5.35. The molecule has 0 aliphatic heterocycles. The quantitative estimate of drug-likeness (QED) is 0.852. The van der Waals surface area contributed by atoms with Crippen LogP contribution in [0.2, 0.25) is 5.02 Å². The van der Waals surface area contributed by atoms with Crippen molar-refractivity contribution in [3.8, 4) is 0 Å². The van der Waals surface area contributed by atoms with Crippen molar-refractivity contribution in [3.05, 3.63) is 17.2 Å². The molecule has 0 saturated carbocycles. The van der Waals surface area contributed by atoms with E-state index in [0.717, 1.165) is 36.5 Å². The number of amides is 1. The SMILES string of the molecule is CC(N)CCCC(C)C(=O)Nc1c(Cl)ccc2nsnc12. The number of fused-ring (bicyclic) bond motifs is 1. The Balaban J connectivity index is 2.04. The monoisotopic (exact) mass is 326 g/mol. The summed E-state index contributed by atoms with van der Waals surface area (Å²) in [6.07, 6.45) is 2.66. The van der Waals surface area contributed by atoms with Gasteiger partial charge in [0.1, 0.15) is 11.0 Å². The van der Waals surface area contributed by atoms with E-state index in [2.05, 4.69) is 14.1 Å². The molecular weight excluding hydrogens is 308 g/mol. The van der Waals surface area contributed by atoms with Gasteiger partial charge in [-0.05, 0) is 31.9 Å². The predicted molar refractivity (Wildman–Crippen MR) is 87.7 cm³/mol. The van der Waals surface area contributed by atoms with Crippen molar-refractivity contribution in [2.75, 3.05) is 5.32 Å². The number of aromatic nitrogens is 2. The van der Waals surface area contributed by atoms with Crippen LogP contribution in [0.15, 0.2) is 12.1 Å². The molecule has 1 aromatic carbocycles. The molecule has 0 radical (unpaired) electrons. The molecule has 0 saturated heterocycles. The van der Waals surface area contributed by atoms with E-state index in [1.807, 2.05) is 13.8 Å². The minimum atomic E-state index is -0.0957. The minimum absolute atomic E-state index is 0.0536. The number of rotatable bonds is 6. The van der Waals surface area contributed by atoms with Crippen LogP contribution in [0.5, 0.6) is 0 Å². The molecule has 2 rings (SSSR count). The molecule has 0 aliphatic rings. The van der Waals surface area contributed by atoms with Crippen LogP contribution in [-0.2, 0) is 4.79 Å². The zero-order valence-electron chi connectivity index (χ0n) is 12.1. The molecule has 21 heavy (non-hydrogen) atoms. The zero-order chi connectivity index (χ0) is 15.4. The molecule has 0 fully saturated rings. The van der Waals surface area contributed by atoms with Gasteiger partial charge in [0.05, 0.1) is 22.4 Å². The van der Waals surface area contributed by atoms with Crippen LogP contribution in [0.4, 0.5) is 5.69 Å². The number of hydrogen-bond acceptors (Lipinski definition) is 5. The maximum absolute atomic E-state index is 12.3. The fraction of sp³-hybridized carbons (Fsp3) is 0.500. The first-order valence-electron chi connectivity index (χ1n) is 6.96. The van der Waals surface area contributed by atoms with Gasteiger partial charge in [0.2, 0.25) is 5.91 Å². The van der Waals surface area contributed by atoms with Gasteiger partial charge in [0.15, 0.2) is 0 Å². The third-order valence-electron chi connectivity index (χ3n) is 3.37. The van der Waals surface area contributed by atoms with Crippen LogP contribution in [0.1, 0.15) is 33.1 Å². The molecule has 114 valence electrons. The summed E-state index contributed by atoms with van der Waals surface area (Å²) >= 11 is 7.26. The molecule has 7 heteroatoms. The number of carbonyl (C=O) groups excluding carboxylic acids is 1. The Morgan fingerprint density at radius 3 is 2.86 bits per heavy atom. The van der Waals surface area contributed by atoms with Gasteiger partial charge in [-0.2, -0.15) is 8.75 Å². The smallest absolute Gasteiger partial charge is 0.227 e. The second kappa shape index (κ2) is 7.15. The summed E-state index contributed by atoms with van der Waals surface area (Å²) in [5.74, 6) is -0.149. The van der Waals surface area contributed by atoms with E-state index in [9.17, 15) is 4.79 Å². The number of carbonyl (C=O) groups is 1. The maximum atomic E-state index is 12.3. The third kappa shape index (κ3) is 4.12. The Labute approximate surface area is 133 Å². The van der Waals surface area contributed by atoms with E-state index in [1.165, 1.54) is 0 Å². The number of anilines is 1. The van der Waals surface area contributed by atoms with Crippen LogP contribution >= 0.6 is 23.3 Å². The third-order valence-corrected chi connectivity index (χ3v) is 4.23. The van der Waals surface area contributed by atoms with Crippen molar-refractivity contribution in [2.24, 2.45) is 11.7 Å². The number of hydrogen-bond donors (Lipinski definition) is 2. The summed E-state index contributed by atoms with van der Waals surface area (Å²) in [5, 5.41) is 3.36. The first kappa shape index (κ1) is 16.1. The largest absolute Gasteiger partial charge is 0.328 e. The second-order valence-corrected chi connectivity index (χ2v) is 6.29. The lowest BCUT2D eigenvalue weighted by Gasteiger charge is -2.14. The number of nitrogens with one attached hydrogen (secondary N) is 1. The Hall–Kier alpha value is -1.24. The molecule has 0 aliphatic carbocycles. The Morgan fingerprint density at radius 2 is 2.14 bits per heavy atom. The summed E-state index contributed by atoms with van der Waals surface area (Å²) in [5.41, 5.74) is 7.65. The van der Waals surface area contributed by atoms with Crippen molar-refractivity contribution < 1.29 is 4.79 Å². The first-order valence-corrected chi connectivity index (χ1v) is 8.07. The van der Waals surface area contributed by atoms with Gasteiger partial charge in [0, 0.05) is 12.0 Å². The van der Waals surface area contributed by atoms with Gasteiger partial charge in [-0.3, -0.25) is 4.79 Å². The van der Waals surface area contributed by atoms with Crippen molar-refractivity contribution in [1.29, 1.82) is 0 Å². The minimum Gasteiger partial charge on any atom is -0.328 e. The highest BCUT2D eigenvalue weighted by atomic mass is 35.5. The van der Waals surface area contributed by atoms with Gasteiger partial charge in [0.25, 0.3) is 0 Å². The van der Waals surface area contributed by atoms with Gasteiger partial charge in [-0.25, -0.2) is 0 Å². The lowest BCUT2D eigenvalue weighted by Crippen LogP contribution is -2.22. The van der Waals surface area contributed by atoms with Crippen LogP contribution in [-0.4, -0.2) is 20.7 Å². The lowest BCUT2D eigenvalue weighted by molar-refractivity contribution is -0.119. The Kier molecular flexibility index (Phi) is 5.50. The standard InChI is InChI=1S/C14H19ClN4OS/c1-8(4-3-5-9(2)16)14(20)17-12-10(15)6-7-11-13(12)19-21-18-11/h6-9H,3-5,16H2,1-2H3,(H,17,20). The highest BCUT2D eigenvalue weighted by Gasteiger charge is 2.17. The fourth-order valence-electron chi connectivity index (χ4n) is 2.07. The number of halogens is 1. The van der Waals surface area contributed by atoms with E-state index in [-0.39, 0.29) is 17.9 Å². The molecule has 1 aromatic heterocycles. The molecule has 0 bridgehead atoms. The average Bonchev–Trinajstić information content (AvgIpc) is 2.89. The first-order chi connectivity index (χ1) is 9.99. The van der Waals surface area contributed by atoms with E-state index < -0.39 is 0 Å². The van der Waals surface area contributed by atoms with Crippen LogP contribution < -0.4 is 11.1 Å². The van der Waals surface area contributed by atoms with E-state index in [0.29, 0.717) is 16.2 Å². The van der Waals surface area contributed by atoms with Crippen molar-refractivity contribution in [1.82, 2.24) is 8.75 Å². The highest BCUT2D eigenvalue weighted by molar-refractivity contribution is 7.00. The topological polar surface area (TPSA) is 80.9 Å². The van der Waals surface area contributed by atoms with E-state index in [1.54, 1.807) is 12.1 Å². The molecule has 1 heterocycles. The van der Waals surface area contributed by atoms with Crippen molar-refractivity contribution in [3.63, 3.8) is 0 Å². The predicted octanol–water partition coefficient (Wildman–Crippen LogP) is 3.44. The number of nitrogens with zero attached hydrogens (tertiary/aromatic N) is 2. The molecule has 2 aromatic rings. The highest BCUT2D eigenvalue weighted by Crippen LogP contribution is 2.30. The van der Waals surface area contributed by atoms with Gasteiger partial charge < -0.3 is 11.1 Å². The number of nitrogens with two attached hydrogens (primary N) is 1. The molecular formula is C14H19ClN4OS. The summed E-state index contributed by atoms with van der Waals surface area (Å²) in [7, 11) is 0. The van der Waals surface area contributed by atoms with Crippen molar-refractivity contribution in [2.45, 2.75) is 39.2 Å². The summed E-state index contributed by atoms with van der Waals surface area (Å²) in [6, 6.07) is 3.69. The summed E-state index contributed by atoms with van der Waals surface area (Å²) in [6.45, 7) is 3.88. The molecule has 5 nitrogen and oxygen atoms in total. The van der Waals surface area contributed by atoms with Gasteiger partial charge >= 0.3 is 0 Å². The summed E-state index contributed by atoms with van der Waals surface area (Å²) in [4.78, 5) is 12.3. The maximum Gasteiger partial charge on any atom is 0.227 e. The van der Waals surface area contributed by atoms with E-state index in [4.69, 9.17) is 17.3 Å². The molecule has 2 atom stereocenters. The fourth-order valence-corrected chi connectivity index (χ4v) is 2.81. The van der Waals surface area contributed by atoms with Crippen LogP contribution in [0.3, 0.4) is 0 Å². The lowest BCUT2D eigenvalue weighted by atomic mass is 10.0.